The summed E-state index contributed by atoms with van der Waals surface area (Å²) < 4.78 is 5.61. The van der Waals surface area contributed by atoms with Crippen molar-refractivity contribution >= 4 is 23.3 Å². The van der Waals surface area contributed by atoms with Crippen molar-refractivity contribution in [3.63, 3.8) is 0 Å². The van der Waals surface area contributed by atoms with E-state index in [1.165, 1.54) is 0 Å². The van der Waals surface area contributed by atoms with Gasteiger partial charge in [0.05, 0.1) is 24.0 Å². The molecule has 4 nitrogen and oxygen atoms in total. The van der Waals surface area contributed by atoms with E-state index in [0.717, 1.165) is 55.9 Å². The number of benzene rings is 3. The summed E-state index contributed by atoms with van der Waals surface area (Å²) >= 11 is 0. The van der Waals surface area contributed by atoms with Gasteiger partial charge in [-0.05, 0) is 35.4 Å². The molecular formula is C28H24ClN3O. The van der Waals surface area contributed by atoms with E-state index in [2.05, 4.69) is 42.5 Å². The monoisotopic (exact) mass is 453 g/mol. The average Bonchev–Trinajstić information content (AvgIpc) is 2.88. The van der Waals surface area contributed by atoms with Gasteiger partial charge in [-0.2, -0.15) is 0 Å². The fourth-order valence-electron chi connectivity index (χ4n) is 4.01. The summed E-state index contributed by atoms with van der Waals surface area (Å²) in [5, 5.41) is 0.984. The molecule has 5 heteroatoms. The van der Waals surface area contributed by atoms with Gasteiger partial charge in [-0.1, -0.05) is 66.7 Å². The van der Waals surface area contributed by atoms with Crippen LogP contribution in [0.15, 0.2) is 97.2 Å². The molecule has 0 amide bonds. The van der Waals surface area contributed by atoms with E-state index < -0.39 is 0 Å². The van der Waals surface area contributed by atoms with Gasteiger partial charge in [-0.25, -0.2) is 4.98 Å². The zero-order valence-electron chi connectivity index (χ0n) is 18.2. The highest BCUT2D eigenvalue weighted by Crippen LogP contribution is 2.38. The van der Waals surface area contributed by atoms with E-state index in [4.69, 9.17) is 20.4 Å². The SMILES string of the molecule is COc1ccccc1-c1nccc2nc(-c3ccc(CN)cc3)c(-c3ccccc3)cc12.Cl. The Balaban J connectivity index is 0.00000259. The predicted molar refractivity (Wildman–Crippen MR) is 138 cm³/mol. The van der Waals surface area contributed by atoms with E-state index in [0.29, 0.717) is 6.54 Å². The molecule has 0 aliphatic carbocycles. The first-order valence-electron chi connectivity index (χ1n) is 10.6. The Hall–Kier alpha value is -3.73. The van der Waals surface area contributed by atoms with Crippen molar-refractivity contribution in [2.24, 2.45) is 5.73 Å². The van der Waals surface area contributed by atoms with E-state index in [1.54, 1.807) is 13.3 Å². The van der Waals surface area contributed by atoms with Crippen molar-refractivity contribution < 1.29 is 4.74 Å². The lowest BCUT2D eigenvalue weighted by molar-refractivity contribution is 0.416. The van der Waals surface area contributed by atoms with Gasteiger partial charge in [0.1, 0.15) is 5.75 Å². The predicted octanol–water partition coefficient (Wildman–Crippen LogP) is 6.52. The number of para-hydroxylation sites is 1. The number of rotatable bonds is 5. The van der Waals surface area contributed by atoms with Crippen LogP contribution in [0.4, 0.5) is 0 Å². The molecule has 0 saturated heterocycles. The second-order valence-electron chi connectivity index (χ2n) is 7.58. The standard InChI is InChI=1S/C28H23N3O.ClH/c1-32-26-10-6-5-9-22(26)28-24-17-23(20-7-3-2-4-8-20)27(31-25(24)15-16-30-28)21-13-11-19(18-29)12-14-21;/h2-17H,18,29H2,1H3;1H. The minimum Gasteiger partial charge on any atom is -0.496 e. The number of ether oxygens (including phenoxy) is 1. The van der Waals surface area contributed by atoms with Crippen LogP contribution in [0.2, 0.25) is 0 Å². The molecular weight excluding hydrogens is 430 g/mol. The maximum Gasteiger partial charge on any atom is 0.128 e. The highest BCUT2D eigenvalue weighted by Gasteiger charge is 2.16. The zero-order chi connectivity index (χ0) is 21.9. The summed E-state index contributed by atoms with van der Waals surface area (Å²) in [5.74, 6) is 0.787. The molecule has 0 saturated carbocycles. The van der Waals surface area contributed by atoms with Crippen LogP contribution in [0.25, 0.3) is 44.5 Å². The van der Waals surface area contributed by atoms with Crippen LogP contribution in [0.1, 0.15) is 5.56 Å². The van der Waals surface area contributed by atoms with Gasteiger partial charge in [0.25, 0.3) is 0 Å². The van der Waals surface area contributed by atoms with E-state index in [-0.39, 0.29) is 12.4 Å². The summed E-state index contributed by atoms with van der Waals surface area (Å²) in [4.78, 5) is 9.82. The van der Waals surface area contributed by atoms with Crippen LogP contribution in [0.5, 0.6) is 5.75 Å². The maximum absolute atomic E-state index is 5.80. The third-order valence-electron chi connectivity index (χ3n) is 5.65. The zero-order valence-corrected chi connectivity index (χ0v) is 19.0. The average molecular weight is 454 g/mol. The van der Waals surface area contributed by atoms with E-state index in [9.17, 15) is 0 Å². The fraction of sp³-hybridized carbons (Fsp3) is 0.0714. The second-order valence-corrected chi connectivity index (χ2v) is 7.58. The number of methoxy groups -OCH3 is 1. The minimum absolute atomic E-state index is 0. The van der Waals surface area contributed by atoms with Gasteiger partial charge < -0.3 is 10.5 Å². The summed E-state index contributed by atoms with van der Waals surface area (Å²) in [7, 11) is 1.68. The molecule has 0 unspecified atom stereocenters. The molecule has 33 heavy (non-hydrogen) atoms. The Morgan fingerprint density at radius 3 is 2.21 bits per heavy atom. The number of hydrogen-bond acceptors (Lipinski definition) is 4. The molecule has 5 rings (SSSR count). The van der Waals surface area contributed by atoms with Crippen LogP contribution < -0.4 is 10.5 Å². The molecule has 2 N–H and O–H groups in total. The number of nitrogens with zero attached hydrogens (tertiary/aromatic N) is 2. The smallest absolute Gasteiger partial charge is 0.128 e. The first-order valence-corrected chi connectivity index (χ1v) is 10.6. The number of pyridine rings is 2. The lowest BCUT2D eigenvalue weighted by Gasteiger charge is -2.15. The summed E-state index contributed by atoms with van der Waals surface area (Å²) in [6.07, 6.45) is 1.81. The molecule has 164 valence electrons. The molecule has 0 radical (unpaired) electrons. The van der Waals surface area contributed by atoms with Crippen molar-refractivity contribution in [2.75, 3.05) is 7.11 Å². The van der Waals surface area contributed by atoms with Crippen molar-refractivity contribution in [3.8, 4) is 39.4 Å². The Morgan fingerprint density at radius 1 is 0.758 bits per heavy atom. The van der Waals surface area contributed by atoms with Gasteiger partial charge in [0.15, 0.2) is 0 Å². The van der Waals surface area contributed by atoms with Crippen LogP contribution in [0, 0.1) is 0 Å². The number of fused-ring (bicyclic) bond motifs is 1. The highest BCUT2D eigenvalue weighted by molar-refractivity contribution is 5.99. The number of hydrogen-bond donors (Lipinski definition) is 1. The van der Waals surface area contributed by atoms with Gasteiger partial charge in [-0.15, -0.1) is 12.4 Å². The molecule has 0 aliphatic heterocycles. The van der Waals surface area contributed by atoms with Gasteiger partial charge in [-0.3, -0.25) is 4.98 Å². The molecule has 5 aromatic rings. The van der Waals surface area contributed by atoms with Gasteiger partial charge in [0.2, 0.25) is 0 Å². The molecule has 3 aromatic carbocycles. The Morgan fingerprint density at radius 2 is 1.48 bits per heavy atom. The normalized spacial score (nSPS) is 10.6. The number of nitrogens with two attached hydrogens (primary N) is 1. The number of aromatic nitrogens is 2. The molecule has 0 atom stereocenters. The Labute approximate surface area is 199 Å². The summed E-state index contributed by atoms with van der Waals surface area (Å²) in [5.41, 5.74) is 13.7. The minimum atomic E-state index is 0. The quantitative estimate of drug-likeness (QED) is 0.329. The Bertz CT molecular complexity index is 1390. The summed E-state index contributed by atoms with van der Waals surface area (Å²) in [6, 6.07) is 30.7. The first-order chi connectivity index (χ1) is 15.8. The van der Waals surface area contributed by atoms with Crippen LogP contribution >= 0.6 is 12.4 Å². The van der Waals surface area contributed by atoms with Crippen molar-refractivity contribution in [1.29, 1.82) is 0 Å². The van der Waals surface area contributed by atoms with Crippen LogP contribution in [-0.2, 0) is 6.54 Å². The maximum atomic E-state index is 5.80. The van der Waals surface area contributed by atoms with Crippen LogP contribution in [0.3, 0.4) is 0 Å². The molecule has 0 aliphatic rings. The van der Waals surface area contributed by atoms with Gasteiger partial charge >= 0.3 is 0 Å². The van der Waals surface area contributed by atoms with Crippen LogP contribution in [-0.4, -0.2) is 17.1 Å². The highest BCUT2D eigenvalue weighted by atomic mass is 35.5. The lowest BCUT2D eigenvalue weighted by atomic mass is 9.95. The van der Waals surface area contributed by atoms with Crippen molar-refractivity contribution in [2.45, 2.75) is 6.54 Å². The third-order valence-corrected chi connectivity index (χ3v) is 5.65. The molecule has 0 spiro atoms. The van der Waals surface area contributed by atoms with Crippen molar-refractivity contribution in [3.05, 3.63) is 103 Å². The van der Waals surface area contributed by atoms with E-state index in [1.807, 2.05) is 48.5 Å². The van der Waals surface area contributed by atoms with E-state index >= 15 is 0 Å². The third kappa shape index (κ3) is 4.31. The topological polar surface area (TPSA) is 61.0 Å². The first kappa shape index (κ1) is 22.5. The lowest BCUT2D eigenvalue weighted by Crippen LogP contribution is -1.97. The Kier molecular flexibility index (Phi) is 6.68. The molecule has 0 bridgehead atoms. The molecule has 2 aromatic heterocycles. The largest absolute Gasteiger partial charge is 0.496 e. The summed E-state index contributed by atoms with van der Waals surface area (Å²) in [6.45, 7) is 0.519. The molecule has 0 fully saturated rings. The fourth-order valence-corrected chi connectivity index (χ4v) is 4.01. The second kappa shape index (κ2) is 9.82. The molecule has 2 heterocycles. The number of halogens is 1. The van der Waals surface area contributed by atoms with Crippen molar-refractivity contribution in [1.82, 2.24) is 9.97 Å². The van der Waals surface area contributed by atoms with Gasteiger partial charge in [0, 0.05) is 34.8 Å².